The zero-order valence-corrected chi connectivity index (χ0v) is 15.8. The molecule has 136 valence electrons. The molecule has 2 amide bonds. The summed E-state index contributed by atoms with van der Waals surface area (Å²) in [4.78, 5) is 29.0. The maximum atomic E-state index is 12.5. The van der Waals surface area contributed by atoms with Crippen molar-refractivity contribution in [3.63, 3.8) is 0 Å². The number of piperazine rings is 1. The van der Waals surface area contributed by atoms with E-state index in [0.717, 1.165) is 13.1 Å². The number of amides is 2. The van der Waals surface area contributed by atoms with E-state index in [2.05, 4.69) is 10.2 Å². The zero-order chi connectivity index (χ0) is 18.7. The molecule has 0 bridgehead atoms. The first-order chi connectivity index (χ1) is 12.5. The number of benzene rings is 2. The van der Waals surface area contributed by atoms with Gasteiger partial charge < -0.3 is 15.1 Å². The van der Waals surface area contributed by atoms with Gasteiger partial charge in [-0.05, 0) is 43.4 Å². The molecule has 0 aromatic heterocycles. The van der Waals surface area contributed by atoms with Gasteiger partial charge >= 0.3 is 0 Å². The maximum Gasteiger partial charge on any atom is 0.255 e. The third-order valence-electron chi connectivity index (χ3n) is 4.39. The summed E-state index contributed by atoms with van der Waals surface area (Å²) in [7, 11) is 2.04. The summed E-state index contributed by atoms with van der Waals surface area (Å²) >= 11 is 12.1. The highest BCUT2D eigenvalue weighted by molar-refractivity contribution is 6.40. The minimum Gasteiger partial charge on any atom is -0.336 e. The lowest BCUT2D eigenvalue weighted by Crippen LogP contribution is -2.47. The van der Waals surface area contributed by atoms with E-state index in [9.17, 15) is 9.59 Å². The van der Waals surface area contributed by atoms with Crippen LogP contribution < -0.4 is 5.32 Å². The Morgan fingerprint density at radius 1 is 0.885 bits per heavy atom. The molecule has 2 aromatic rings. The van der Waals surface area contributed by atoms with Gasteiger partial charge in [0.05, 0.1) is 15.7 Å². The molecule has 0 saturated carbocycles. The standard InChI is InChI=1S/C19H19Cl2N3O2/c1-23-9-11-24(12-10-23)19(26)14-7-5-13(6-8-14)18(25)22-17-15(20)3-2-4-16(17)21/h2-8H,9-12H2,1H3,(H,22,25). The van der Waals surface area contributed by atoms with Gasteiger partial charge in [0.15, 0.2) is 0 Å². The van der Waals surface area contributed by atoms with Crippen LogP contribution >= 0.6 is 23.2 Å². The lowest BCUT2D eigenvalue weighted by Gasteiger charge is -2.32. The van der Waals surface area contributed by atoms with E-state index >= 15 is 0 Å². The summed E-state index contributed by atoms with van der Waals surface area (Å²) in [5, 5.41) is 3.44. The number of nitrogens with one attached hydrogen (secondary N) is 1. The third-order valence-corrected chi connectivity index (χ3v) is 5.02. The minimum atomic E-state index is -0.335. The predicted octanol–water partition coefficient (Wildman–Crippen LogP) is 3.63. The van der Waals surface area contributed by atoms with Crippen molar-refractivity contribution in [1.82, 2.24) is 9.80 Å². The molecule has 0 spiro atoms. The molecule has 1 N–H and O–H groups in total. The first kappa shape index (κ1) is 18.7. The van der Waals surface area contributed by atoms with Crippen LogP contribution in [0.3, 0.4) is 0 Å². The predicted molar refractivity (Wildman–Crippen MR) is 104 cm³/mol. The molecular weight excluding hydrogens is 373 g/mol. The molecule has 1 aliphatic rings. The Bertz CT molecular complexity index is 796. The SMILES string of the molecule is CN1CCN(C(=O)c2ccc(C(=O)Nc3c(Cl)cccc3Cl)cc2)CC1. The van der Waals surface area contributed by atoms with Crippen molar-refractivity contribution in [3.8, 4) is 0 Å². The van der Waals surface area contributed by atoms with E-state index in [4.69, 9.17) is 23.2 Å². The highest BCUT2D eigenvalue weighted by Crippen LogP contribution is 2.30. The van der Waals surface area contributed by atoms with Gasteiger partial charge in [0, 0.05) is 37.3 Å². The Morgan fingerprint density at radius 2 is 1.42 bits per heavy atom. The van der Waals surface area contributed by atoms with Gasteiger partial charge in [-0.2, -0.15) is 0 Å². The van der Waals surface area contributed by atoms with Crippen LogP contribution in [0.4, 0.5) is 5.69 Å². The number of nitrogens with zero attached hydrogens (tertiary/aromatic N) is 2. The Balaban J connectivity index is 1.69. The van der Waals surface area contributed by atoms with Crippen LogP contribution in [0.5, 0.6) is 0 Å². The molecule has 1 aliphatic heterocycles. The summed E-state index contributed by atoms with van der Waals surface area (Å²) in [6.07, 6.45) is 0. The Hall–Kier alpha value is -2.08. The van der Waals surface area contributed by atoms with Crippen molar-refractivity contribution in [1.29, 1.82) is 0 Å². The highest BCUT2D eigenvalue weighted by atomic mass is 35.5. The molecule has 7 heteroatoms. The van der Waals surface area contributed by atoms with E-state index in [1.165, 1.54) is 0 Å². The fraction of sp³-hybridized carbons (Fsp3) is 0.263. The lowest BCUT2D eigenvalue weighted by molar-refractivity contribution is 0.0664. The van der Waals surface area contributed by atoms with E-state index < -0.39 is 0 Å². The van der Waals surface area contributed by atoms with Crippen molar-refractivity contribution in [3.05, 3.63) is 63.6 Å². The number of anilines is 1. The number of carbonyl (C=O) groups is 2. The third kappa shape index (κ3) is 4.18. The second kappa shape index (κ2) is 8.08. The largest absolute Gasteiger partial charge is 0.336 e. The molecule has 1 heterocycles. The quantitative estimate of drug-likeness (QED) is 0.868. The summed E-state index contributed by atoms with van der Waals surface area (Å²) in [5.41, 5.74) is 1.37. The number of halogens is 2. The number of para-hydroxylation sites is 1. The molecule has 5 nitrogen and oxygen atoms in total. The molecule has 3 rings (SSSR count). The highest BCUT2D eigenvalue weighted by Gasteiger charge is 2.20. The summed E-state index contributed by atoms with van der Waals surface area (Å²) < 4.78 is 0. The first-order valence-electron chi connectivity index (χ1n) is 8.29. The van der Waals surface area contributed by atoms with Crippen LogP contribution in [0, 0.1) is 0 Å². The average molecular weight is 392 g/mol. The Morgan fingerprint density at radius 3 is 2.00 bits per heavy atom. The van der Waals surface area contributed by atoms with E-state index in [1.807, 2.05) is 11.9 Å². The topological polar surface area (TPSA) is 52.7 Å². The summed E-state index contributed by atoms with van der Waals surface area (Å²) in [6.45, 7) is 3.15. The Labute approximate surface area is 162 Å². The van der Waals surface area contributed by atoms with Gasteiger partial charge in [0.25, 0.3) is 11.8 Å². The van der Waals surface area contributed by atoms with Gasteiger partial charge in [-0.3, -0.25) is 9.59 Å². The van der Waals surface area contributed by atoms with Gasteiger partial charge in [-0.15, -0.1) is 0 Å². The second-order valence-corrected chi connectivity index (χ2v) is 7.04. The number of likely N-dealkylation sites (N-methyl/N-ethyl adjacent to an activating group) is 1. The number of hydrogen-bond acceptors (Lipinski definition) is 3. The van der Waals surface area contributed by atoms with Crippen LogP contribution in [-0.4, -0.2) is 54.8 Å². The fourth-order valence-corrected chi connectivity index (χ4v) is 3.25. The van der Waals surface area contributed by atoms with E-state index in [-0.39, 0.29) is 11.8 Å². The fourth-order valence-electron chi connectivity index (χ4n) is 2.76. The normalized spacial score (nSPS) is 15.0. The van der Waals surface area contributed by atoms with Crippen molar-refractivity contribution < 1.29 is 9.59 Å². The molecule has 26 heavy (non-hydrogen) atoms. The van der Waals surface area contributed by atoms with Crippen LogP contribution in [0.25, 0.3) is 0 Å². The summed E-state index contributed by atoms with van der Waals surface area (Å²) in [6, 6.07) is 11.6. The van der Waals surface area contributed by atoms with E-state index in [0.29, 0.717) is 39.9 Å². The molecule has 0 unspecified atom stereocenters. The average Bonchev–Trinajstić information content (AvgIpc) is 2.65. The van der Waals surface area contributed by atoms with Gasteiger partial charge in [0.1, 0.15) is 0 Å². The molecule has 0 aliphatic carbocycles. The molecule has 1 fully saturated rings. The molecule has 0 atom stereocenters. The zero-order valence-electron chi connectivity index (χ0n) is 14.3. The first-order valence-corrected chi connectivity index (χ1v) is 9.04. The number of rotatable bonds is 3. The molecule has 2 aromatic carbocycles. The lowest BCUT2D eigenvalue weighted by atomic mass is 10.1. The maximum absolute atomic E-state index is 12.5. The van der Waals surface area contributed by atoms with Crippen LogP contribution in [0.1, 0.15) is 20.7 Å². The minimum absolute atomic E-state index is 0.0146. The van der Waals surface area contributed by atoms with Crippen molar-refractivity contribution in [2.24, 2.45) is 0 Å². The smallest absolute Gasteiger partial charge is 0.255 e. The van der Waals surface area contributed by atoms with Crippen LogP contribution in [0.2, 0.25) is 10.0 Å². The summed E-state index contributed by atoms with van der Waals surface area (Å²) in [5.74, 6) is -0.349. The van der Waals surface area contributed by atoms with Crippen LogP contribution in [0.15, 0.2) is 42.5 Å². The van der Waals surface area contributed by atoms with Gasteiger partial charge in [0.2, 0.25) is 0 Å². The monoisotopic (exact) mass is 391 g/mol. The molecule has 1 saturated heterocycles. The molecule has 0 radical (unpaired) electrons. The number of hydrogen-bond donors (Lipinski definition) is 1. The van der Waals surface area contributed by atoms with Crippen molar-refractivity contribution in [2.45, 2.75) is 0 Å². The van der Waals surface area contributed by atoms with Crippen molar-refractivity contribution in [2.75, 3.05) is 38.5 Å². The van der Waals surface area contributed by atoms with Gasteiger partial charge in [-0.1, -0.05) is 29.3 Å². The molecular formula is C19H19Cl2N3O2. The van der Waals surface area contributed by atoms with Crippen molar-refractivity contribution >= 4 is 40.7 Å². The number of carbonyl (C=O) groups excluding carboxylic acids is 2. The second-order valence-electron chi connectivity index (χ2n) is 6.22. The van der Waals surface area contributed by atoms with Crippen LogP contribution in [-0.2, 0) is 0 Å². The Kier molecular flexibility index (Phi) is 5.81. The van der Waals surface area contributed by atoms with E-state index in [1.54, 1.807) is 42.5 Å². The van der Waals surface area contributed by atoms with Gasteiger partial charge in [-0.25, -0.2) is 0 Å².